The Kier molecular flexibility index (Phi) is 7.87. The van der Waals surface area contributed by atoms with E-state index in [1.807, 2.05) is 44.2 Å². The maximum absolute atomic E-state index is 14.0. The molecule has 1 amide bonds. The number of sulfonamides is 1. The van der Waals surface area contributed by atoms with E-state index >= 15 is 0 Å². The highest BCUT2D eigenvalue weighted by Crippen LogP contribution is 2.51. The Morgan fingerprint density at radius 3 is 2.48 bits per heavy atom. The number of carbonyl (C=O) groups is 1. The van der Waals surface area contributed by atoms with Crippen molar-refractivity contribution in [2.24, 2.45) is 0 Å². The predicted molar refractivity (Wildman–Crippen MR) is 174 cm³/mol. The number of aromatic amines is 1. The van der Waals surface area contributed by atoms with E-state index in [1.165, 1.54) is 4.31 Å². The maximum Gasteiger partial charge on any atom is 0.253 e. The van der Waals surface area contributed by atoms with Gasteiger partial charge in [-0.2, -0.15) is 0 Å². The summed E-state index contributed by atoms with van der Waals surface area (Å²) < 4.78 is 28.6. The number of aryl methyl sites for hydroxylation is 2. The Bertz CT molecular complexity index is 1770. The summed E-state index contributed by atoms with van der Waals surface area (Å²) in [6, 6.07) is 9.53. The van der Waals surface area contributed by atoms with Crippen LogP contribution in [-0.4, -0.2) is 73.7 Å². The summed E-state index contributed by atoms with van der Waals surface area (Å²) in [5.74, 6) is 0.542. The summed E-state index contributed by atoms with van der Waals surface area (Å²) in [5, 5.41) is 2.93. The van der Waals surface area contributed by atoms with Crippen LogP contribution in [0.25, 0.3) is 11.1 Å². The fraction of sp³-hybridized carbons (Fsp3) is 0.424. The van der Waals surface area contributed by atoms with Crippen molar-refractivity contribution in [2.75, 3.05) is 49.0 Å². The Morgan fingerprint density at radius 2 is 1.84 bits per heavy atom. The van der Waals surface area contributed by atoms with Gasteiger partial charge in [0.15, 0.2) is 0 Å². The molecule has 0 spiro atoms. The number of pyridine rings is 2. The molecule has 0 radical (unpaired) electrons. The minimum absolute atomic E-state index is 0.0605. The number of nitrogens with one attached hydrogen (secondary N) is 2. The van der Waals surface area contributed by atoms with Crippen molar-refractivity contribution in [3.63, 3.8) is 0 Å². The van der Waals surface area contributed by atoms with Crippen molar-refractivity contribution in [3.8, 4) is 11.1 Å². The second-order valence-corrected chi connectivity index (χ2v) is 14.6. The van der Waals surface area contributed by atoms with Gasteiger partial charge in [0.05, 0.1) is 10.4 Å². The first-order valence-corrected chi connectivity index (χ1v) is 16.6. The number of H-pyrrole nitrogens is 1. The number of benzene rings is 1. The molecule has 3 aromatic rings. The number of nitrogens with zero attached hydrogens (tertiary/aromatic N) is 4. The number of amides is 1. The zero-order valence-corrected chi connectivity index (χ0v) is 26.5. The molecule has 1 aliphatic carbocycles. The molecule has 11 heteroatoms. The number of piperazine rings is 1. The molecule has 3 aliphatic rings. The van der Waals surface area contributed by atoms with Crippen LogP contribution in [-0.2, 0) is 23.0 Å². The first-order valence-electron chi connectivity index (χ1n) is 15.2. The van der Waals surface area contributed by atoms with E-state index in [2.05, 4.69) is 33.7 Å². The molecule has 2 N–H and O–H groups in total. The number of likely N-dealkylation sites (N-methyl/N-ethyl adjacent to an activating group) is 1. The van der Waals surface area contributed by atoms with Crippen molar-refractivity contribution < 1.29 is 13.2 Å². The predicted octanol–water partition coefficient (Wildman–Crippen LogP) is 3.54. The van der Waals surface area contributed by atoms with Gasteiger partial charge < -0.3 is 20.1 Å². The monoisotopic (exact) mass is 616 g/mol. The molecule has 10 nitrogen and oxygen atoms in total. The molecule has 2 fully saturated rings. The van der Waals surface area contributed by atoms with Crippen LogP contribution in [0.15, 0.2) is 54.0 Å². The molecule has 0 bridgehead atoms. The highest BCUT2D eigenvalue weighted by atomic mass is 32.2. The molecule has 6 rings (SSSR count). The van der Waals surface area contributed by atoms with Gasteiger partial charge in [0.2, 0.25) is 10.0 Å². The van der Waals surface area contributed by atoms with E-state index in [9.17, 15) is 18.0 Å². The van der Waals surface area contributed by atoms with Crippen molar-refractivity contribution in [1.82, 2.24) is 20.2 Å². The number of rotatable bonds is 9. The summed E-state index contributed by atoms with van der Waals surface area (Å²) in [4.78, 5) is 38.5. The van der Waals surface area contributed by atoms with Crippen molar-refractivity contribution >= 4 is 27.4 Å². The summed E-state index contributed by atoms with van der Waals surface area (Å²) in [6.07, 6.45) is 5.49. The van der Waals surface area contributed by atoms with Crippen molar-refractivity contribution in [3.05, 3.63) is 87.5 Å². The number of fused-ring (bicyclic) bond motifs is 1. The van der Waals surface area contributed by atoms with E-state index in [0.717, 1.165) is 48.8 Å². The average molecular weight is 617 g/mol. The number of hydrogen-bond acceptors (Lipinski definition) is 7. The summed E-state index contributed by atoms with van der Waals surface area (Å²) in [7, 11) is -1.57. The standard InChI is InChI=1S/C33H40N6O4S/c1-5-9-33(10-11-33)44(42,43)39-12-8-26-27(31(40)35-21-28-22(2)17-23(3)36-32(28)41)18-25(19-29(26)39)24-6-7-30(34-20-24)38-15-13-37(4)14-16-38/h5-7,17-20H,1,8-16,21H2,2-4H3,(H,35,40)(H,36,41). The molecular weight excluding hydrogens is 576 g/mol. The van der Waals surface area contributed by atoms with Crippen LogP contribution < -0.4 is 20.1 Å². The first-order chi connectivity index (χ1) is 21.0. The van der Waals surface area contributed by atoms with Crippen LogP contribution >= 0.6 is 0 Å². The SMILES string of the molecule is C=CCC1(S(=O)(=O)N2CCc3c(C(=O)NCc4c(C)cc(C)[nH]c4=O)cc(-c4ccc(N5CCN(C)CC5)nc4)cc32)CC1. The Hall–Kier alpha value is -3.96. The molecule has 4 heterocycles. The molecule has 1 aromatic carbocycles. The highest BCUT2D eigenvalue weighted by Gasteiger charge is 2.56. The molecule has 2 aliphatic heterocycles. The average Bonchev–Trinajstić information content (AvgIpc) is 3.66. The summed E-state index contributed by atoms with van der Waals surface area (Å²) in [6.45, 7) is 11.5. The van der Waals surface area contributed by atoms with E-state index < -0.39 is 14.8 Å². The molecule has 2 aromatic heterocycles. The second kappa shape index (κ2) is 11.5. The Morgan fingerprint density at radius 1 is 1.09 bits per heavy atom. The fourth-order valence-corrected chi connectivity index (χ4v) is 8.61. The summed E-state index contributed by atoms with van der Waals surface area (Å²) >= 11 is 0. The van der Waals surface area contributed by atoms with Crippen molar-refractivity contribution in [1.29, 1.82) is 0 Å². The van der Waals surface area contributed by atoms with Crippen LogP contribution in [0.3, 0.4) is 0 Å². The molecule has 1 saturated heterocycles. The number of aromatic nitrogens is 2. The lowest BCUT2D eigenvalue weighted by molar-refractivity contribution is 0.0950. The number of carbonyl (C=O) groups excluding carboxylic acids is 1. The van der Waals surface area contributed by atoms with Gasteiger partial charge in [-0.25, -0.2) is 13.4 Å². The highest BCUT2D eigenvalue weighted by molar-refractivity contribution is 7.94. The third-order valence-electron chi connectivity index (χ3n) is 9.29. The van der Waals surface area contributed by atoms with Crippen LogP contribution in [0.2, 0.25) is 0 Å². The van der Waals surface area contributed by atoms with Gasteiger partial charge in [-0.05, 0) is 93.6 Å². The molecular formula is C33H40N6O4S. The summed E-state index contributed by atoms with van der Waals surface area (Å²) in [5.41, 5.74) is 4.96. The fourth-order valence-electron chi connectivity index (χ4n) is 6.44. The van der Waals surface area contributed by atoms with Gasteiger partial charge in [0.25, 0.3) is 11.5 Å². The molecule has 0 unspecified atom stereocenters. The van der Waals surface area contributed by atoms with Crippen LogP contribution in [0.1, 0.15) is 52.0 Å². The lowest BCUT2D eigenvalue weighted by atomic mass is 9.97. The lowest BCUT2D eigenvalue weighted by Crippen LogP contribution is -2.44. The molecule has 232 valence electrons. The minimum Gasteiger partial charge on any atom is -0.354 e. The van der Waals surface area contributed by atoms with Gasteiger partial charge in [0, 0.05) is 67.8 Å². The van der Waals surface area contributed by atoms with Gasteiger partial charge >= 0.3 is 0 Å². The van der Waals surface area contributed by atoms with Gasteiger partial charge in [-0.1, -0.05) is 6.08 Å². The van der Waals surface area contributed by atoms with E-state index in [4.69, 9.17) is 4.98 Å². The smallest absolute Gasteiger partial charge is 0.253 e. The third kappa shape index (κ3) is 5.43. The maximum atomic E-state index is 14.0. The lowest BCUT2D eigenvalue weighted by Gasteiger charge is -2.33. The number of hydrogen-bond donors (Lipinski definition) is 2. The molecule has 44 heavy (non-hydrogen) atoms. The largest absolute Gasteiger partial charge is 0.354 e. The van der Waals surface area contributed by atoms with Crippen LogP contribution in [0.4, 0.5) is 11.5 Å². The molecule has 0 atom stereocenters. The second-order valence-electron chi connectivity index (χ2n) is 12.3. The first kappa shape index (κ1) is 30.1. The van der Waals surface area contributed by atoms with E-state index in [1.54, 1.807) is 12.3 Å². The minimum atomic E-state index is -3.68. The Labute approximate surface area is 258 Å². The van der Waals surface area contributed by atoms with Gasteiger partial charge in [-0.3, -0.25) is 13.9 Å². The zero-order chi connectivity index (χ0) is 31.2. The topological polar surface area (TPSA) is 119 Å². The van der Waals surface area contributed by atoms with E-state index in [-0.39, 0.29) is 24.6 Å². The Balaban J connectivity index is 1.36. The quantitative estimate of drug-likeness (QED) is 0.353. The van der Waals surface area contributed by atoms with Crippen LogP contribution in [0.5, 0.6) is 0 Å². The third-order valence-corrected chi connectivity index (χ3v) is 11.9. The van der Waals surface area contributed by atoms with Crippen LogP contribution in [0, 0.1) is 13.8 Å². The normalized spacial score (nSPS) is 17.8. The molecule has 1 saturated carbocycles. The van der Waals surface area contributed by atoms with E-state index in [0.29, 0.717) is 53.6 Å². The van der Waals surface area contributed by atoms with Gasteiger partial charge in [-0.15, -0.1) is 6.58 Å². The number of anilines is 2. The zero-order valence-electron chi connectivity index (χ0n) is 25.6. The number of allylic oxidation sites excluding steroid dienone is 1. The van der Waals surface area contributed by atoms with Gasteiger partial charge in [0.1, 0.15) is 5.82 Å². The van der Waals surface area contributed by atoms with Crippen molar-refractivity contribution in [2.45, 2.75) is 50.8 Å².